The van der Waals surface area contributed by atoms with E-state index in [1.165, 1.54) is 0 Å². The van der Waals surface area contributed by atoms with E-state index in [1.54, 1.807) is 9.36 Å². The van der Waals surface area contributed by atoms with Crippen molar-refractivity contribution in [3.8, 4) is 0 Å². The number of nitrogens with zero attached hydrogens (tertiary/aromatic N) is 8. The number of unbranched alkanes of at least 4 members (excludes halogenated alkanes) is 2. The van der Waals surface area contributed by atoms with Gasteiger partial charge in [0.1, 0.15) is 0 Å². The lowest BCUT2D eigenvalue weighted by Gasteiger charge is -1.99. The van der Waals surface area contributed by atoms with Gasteiger partial charge in [0.05, 0.1) is 0 Å². The Morgan fingerprint density at radius 1 is 0.767 bits per heavy atom. The van der Waals surface area contributed by atoms with Crippen LogP contribution in [0.5, 0.6) is 0 Å². The van der Waals surface area contributed by atoms with Gasteiger partial charge in [0.15, 0.2) is 22.3 Å². The molecule has 4 heterocycles. The Morgan fingerprint density at radius 3 is 1.53 bits per heavy atom. The molecule has 0 bridgehead atoms. The second-order valence-corrected chi connectivity index (χ2v) is 6.58. The number of aromatic nitrogens is 10. The van der Waals surface area contributed by atoms with Crippen molar-refractivity contribution in [2.24, 2.45) is 0 Å². The molecule has 4 aromatic heterocycles. The van der Waals surface area contributed by atoms with E-state index < -0.39 is 0 Å². The Kier molecular flexibility index (Phi) is 6.34. The van der Waals surface area contributed by atoms with Gasteiger partial charge in [-0.15, -0.1) is 10.2 Å². The highest BCUT2D eigenvalue weighted by atomic mass is 16.1. The number of aryl methyl sites for hydroxylation is 2. The normalized spacial score (nSPS) is 11.0. The van der Waals surface area contributed by atoms with Gasteiger partial charge < -0.3 is 11.5 Å². The summed E-state index contributed by atoms with van der Waals surface area (Å²) in [7, 11) is 0. The van der Waals surface area contributed by atoms with Crippen LogP contribution in [0, 0.1) is 0 Å². The molecule has 0 atom stereocenters. The highest BCUT2D eigenvalue weighted by Crippen LogP contribution is 2.06. The molecule has 0 aromatic carbocycles. The molecule has 4 aromatic rings. The summed E-state index contributed by atoms with van der Waals surface area (Å²) in [4.78, 5) is 35.6. The maximum absolute atomic E-state index is 11.4. The fourth-order valence-corrected chi connectivity index (χ4v) is 2.68. The van der Waals surface area contributed by atoms with Crippen LogP contribution >= 0.6 is 0 Å². The number of anilines is 2. The molecule has 160 valence electrons. The summed E-state index contributed by atoms with van der Waals surface area (Å²) in [5, 5.41) is 15.3. The summed E-state index contributed by atoms with van der Waals surface area (Å²) in [6, 6.07) is 0. The van der Waals surface area contributed by atoms with Gasteiger partial charge in [0.2, 0.25) is 11.9 Å². The number of nitrogen functional groups attached to an aromatic ring is 2. The molecule has 30 heavy (non-hydrogen) atoms. The second-order valence-electron chi connectivity index (χ2n) is 6.58. The Labute approximate surface area is 169 Å². The molecule has 0 aliphatic heterocycles. The molecule has 14 nitrogen and oxygen atoms in total. The third-order valence-corrected chi connectivity index (χ3v) is 4.23. The van der Waals surface area contributed by atoms with Crippen LogP contribution in [0.3, 0.4) is 0 Å². The third kappa shape index (κ3) is 4.42. The average molecular weight is 416 g/mol. The van der Waals surface area contributed by atoms with Crippen molar-refractivity contribution in [3.63, 3.8) is 0 Å². The number of nitrogens with one attached hydrogen (secondary N) is 2. The topological polar surface area (TPSA) is 205 Å². The van der Waals surface area contributed by atoms with E-state index >= 15 is 0 Å². The molecule has 0 amide bonds. The minimum absolute atomic E-state index is 0.0903. The fraction of sp³-hybridized carbons (Fsp3) is 0.500. The fourth-order valence-electron chi connectivity index (χ4n) is 2.68. The van der Waals surface area contributed by atoms with Gasteiger partial charge in [-0.1, -0.05) is 37.1 Å². The molecule has 0 fully saturated rings. The largest absolute Gasteiger partial charge is 0.369 e. The van der Waals surface area contributed by atoms with Gasteiger partial charge in [-0.2, -0.15) is 9.97 Å². The van der Waals surface area contributed by atoms with Crippen molar-refractivity contribution in [2.45, 2.75) is 52.6 Å². The number of hydrogen-bond acceptors (Lipinski definition) is 10. The molecule has 6 N–H and O–H groups in total. The molecule has 0 spiro atoms. The highest BCUT2D eigenvalue weighted by molar-refractivity contribution is 5.69. The number of rotatable bonds is 6. The van der Waals surface area contributed by atoms with Crippen LogP contribution in [0.4, 0.5) is 11.9 Å². The molecule has 4 rings (SSSR count). The second kappa shape index (κ2) is 9.11. The third-order valence-electron chi connectivity index (χ3n) is 4.23. The van der Waals surface area contributed by atoms with Gasteiger partial charge >= 0.3 is 0 Å². The summed E-state index contributed by atoms with van der Waals surface area (Å²) in [5.41, 5.74) is 11.6. The lowest BCUT2D eigenvalue weighted by atomic mass is 10.3. The first-order valence-corrected chi connectivity index (χ1v) is 9.62. The first-order chi connectivity index (χ1) is 14.4. The highest BCUT2D eigenvalue weighted by Gasteiger charge is 2.10. The van der Waals surface area contributed by atoms with Crippen LogP contribution in [-0.4, -0.2) is 49.9 Å². The summed E-state index contributed by atoms with van der Waals surface area (Å²) in [5.74, 6) is 0.181. The van der Waals surface area contributed by atoms with Crippen LogP contribution < -0.4 is 22.6 Å². The van der Waals surface area contributed by atoms with Crippen LogP contribution in [0.1, 0.15) is 39.5 Å². The van der Waals surface area contributed by atoms with Gasteiger partial charge in [-0.25, -0.2) is 9.36 Å². The number of fused-ring (bicyclic) bond motifs is 2. The predicted molar refractivity (Wildman–Crippen MR) is 111 cm³/mol. The predicted octanol–water partition coefficient (Wildman–Crippen LogP) is -0.206. The van der Waals surface area contributed by atoms with E-state index in [0.29, 0.717) is 24.4 Å². The Balaban J connectivity index is 0.000000171. The van der Waals surface area contributed by atoms with Crippen molar-refractivity contribution in [1.82, 2.24) is 49.9 Å². The maximum atomic E-state index is 11.4. The summed E-state index contributed by atoms with van der Waals surface area (Å²) >= 11 is 0. The number of hydrogen-bond donors (Lipinski definition) is 4. The quantitative estimate of drug-likeness (QED) is 0.325. The van der Waals surface area contributed by atoms with Crippen molar-refractivity contribution in [2.75, 3.05) is 11.5 Å². The lowest BCUT2D eigenvalue weighted by molar-refractivity contribution is 0.564. The number of nitrogens with two attached hydrogens (primary N) is 2. The summed E-state index contributed by atoms with van der Waals surface area (Å²) < 4.78 is 3.20. The van der Waals surface area contributed by atoms with E-state index in [1.807, 2.05) is 0 Å². The molecule has 0 aliphatic rings. The Hall–Kier alpha value is -3.84. The molecular formula is C16H24N12O2. The van der Waals surface area contributed by atoms with Crippen molar-refractivity contribution < 1.29 is 0 Å². The molecule has 0 saturated carbocycles. The molecule has 0 radical (unpaired) electrons. The van der Waals surface area contributed by atoms with Crippen LogP contribution in [0.25, 0.3) is 22.3 Å². The van der Waals surface area contributed by atoms with Gasteiger partial charge in [0, 0.05) is 13.1 Å². The van der Waals surface area contributed by atoms with Crippen molar-refractivity contribution in [3.05, 3.63) is 20.7 Å². The zero-order valence-corrected chi connectivity index (χ0v) is 16.8. The monoisotopic (exact) mass is 416 g/mol. The van der Waals surface area contributed by atoms with E-state index in [0.717, 1.165) is 25.7 Å². The lowest BCUT2D eigenvalue weighted by Crippen LogP contribution is -2.12. The minimum Gasteiger partial charge on any atom is -0.369 e. The molecule has 0 unspecified atom stereocenters. The minimum atomic E-state index is -0.347. The van der Waals surface area contributed by atoms with Crippen molar-refractivity contribution in [1.29, 1.82) is 0 Å². The van der Waals surface area contributed by atoms with Gasteiger partial charge in [-0.3, -0.25) is 19.6 Å². The zero-order chi connectivity index (χ0) is 21.7. The molecule has 14 heteroatoms. The van der Waals surface area contributed by atoms with E-state index in [-0.39, 0.29) is 34.0 Å². The number of H-pyrrole nitrogens is 2. The SMILES string of the molecule is CCCCn1nnc2c(=O)[nH]c(N)nc21.CCCCn1nnc2c(=O)[nH]c(N)nc21. The standard InChI is InChI=1S/2C8H12N6O/c2*1-2-3-4-14-6-5(12-13-14)7(15)11-8(9)10-6/h2*2-4H2,1H3,(H3,9,10,11,15). The average Bonchev–Trinajstić information content (AvgIpc) is 3.29. The van der Waals surface area contributed by atoms with Crippen LogP contribution in [-0.2, 0) is 13.1 Å². The zero-order valence-electron chi connectivity index (χ0n) is 16.8. The number of aromatic amines is 2. The van der Waals surface area contributed by atoms with Gasteiger partial charge in [-0.05, 0) is 12.8 Å². The molecular weight excluding hydrogens is 392 g/mol. The van der Waals surface area contributed by atoms with Crippen molar-refractivity contribution >= 4 is 34.2 Å². The van der Waals surface area contributed by atoms with Crippen LogP contribution in [0.15, 0.2) is 9.59 Å². The Bertz CT molecular complexity index is 1150. The summed E-state index contributed by atoms with van der Waals surface area (Å²) in [6.45, 7) is 5.55. The van der Waals surface area contributed by atoms with Crippen LogP contribution in [0.2, 0.25) is 0 Å². The Morgan fingerprint density at radius 2 is 1.17 bits per heavy atom. The molecule has 0 saturated heterocycles. The summed E-state index contributed by atoms with van der Waals surface area (Å²) in [6.07, 6.45) is 4.01. The smallest absolute Gasteiger partial charge is 0.282 e. The van der Waals surface area contributed by atoms with E-state index in [4.69, 9.17) is 11.5 Å². The maximum Gasteiger partial charge on any atom is 0.282 e. The first-order valence-electron chi connectivity index (χ1n) is 9.62. The van der Waals surface area contributed by atoms with E-state index in [9.17, 15) is 9.59 Å². The first kappa shape index (κ1) is 20.9. The van der Waals surface area contributed by atoms with Gasteiger partial charge in [0.25, 0.3) is 11.1 Å². The van der Waals surface area contributed by atoms with E-state index in [2.05, 4.69) is 54.4 Å². The molecule has 0 aliphatic carbocycles.